The molecule has 1 fully saturated rings. The highest BCUT2D eigenvalue weighted by Crippen LogP contribution is 2.28. The Kier molecular flexibility index (Phi) is 7.55. The van der Waals surface area contributed by atoms with Gasteiger partial charge < -0.3 is 14.1 Å². The highest BCUT2D eigenvalue weighted by molar-refractivity contribution is 6.35. The van der Waals surface area contributed by atoms with Gasteiger partial charge in [-0.15, -0.1) is 0 Å². The Morgan fingerprint density at radius 1 is 1.00 bits per heavy atom. The zero-order chi connectivity index (χ0) is 25.9. The van der Waals surface area contributed by atoms with Crippen LogP contribution in [-0.4, -0.2) is 51.7 Å². The van der Waals surface area contributed by atoms with Crippen LogP contribution < -0.4 is 4.74 Å². The van der Waals surface area contributed by atoms with Crippen LogP contribution in [0.4, 0.5) is 0 Å². The first-order valence-corrected chi connectivity index (χ1v) is 12.9. The van der Waals surface area contributed by atoms with Crippen molar-refractivity contribution in [3.05, 3.63) is 99.2 Å². The summed E-state index contributed by atoms with van der Waals surface area (Å²) in [7, 11) is 0. The molecule has 1 amide bonds. The fraction of sp³-hybridized carbons (Fsp3) is 0.286. The van der Waals surface area contributed by atoms with Gasteiger partial charge in [0.2, 0.25) is 0 Å². The third-order valence-corrected chi connectivity index (χ3v) is 7.15. The molecule has 1 aliphatic rings. The molecule has 0 bridgehead atoms. The van der Waals surface area contributed by atoms with Gasteiger partial charge in [-0.05, 0) is 56.3 Å². The molecule has 7 nitrogen and oxygen atoms in total. The molecule has 0 atom stereocenters. The van der Waals surface area contributed by atoms with E-state index in [4.69, 9.17) is 37.5 Å². The summed E-state index contributed by atoms with van der Waals surface area (Å²) >= 11 is 12.1. The van der Waals surface area contributed by atoms with E-state index in [9.17, 15) is 4.79 Å². The number of halogens is 2. The van der Waals surface area contributed by atoms with Crippen LogP contribution in [0.1, 0.15) is 33.3 Å². The minimum atomic E-state index is -0.111. The number of aryl methyl sites for hydroxylation is 1. The molecule has 2 aromatic heterocycles. The predicted octanol–water partition coefficient (Wildman–Crippen LogP) is 5.93. The summed E-state index contributed by atoms with van der Waals surface area (Å²) in [5.74, 6) is 1.25. The Labute approximate surface area is 226 Å². The smallest absolute Gasteiger partial charge is 0.289 e. The molecule has 9 heteroatoms. The SMILES string of the molecule is Cc1nn(-c2ccccc2)c(C)c1CN1CCN(C(=O)c2ccc(COc3ccc(Cl)cc3Cl)o2)CC1. The van der Waals surface area contributed by atoms with Crippen LogP contribution in [0.15, 0.2) is 65.1 Å². The van der Waals surface area contributed by atoms with Crippen molar-refractivity contribution in [2.24, 2.45) is 0 Å². The maximum atomic E-state index is 13.0. The summed E-state index contributed by atoms with van der Waals surface area (Å²) in [6.45, 7) is 7.98. The molecule has 3 heterocycles. The van der Waals surface area contributed by atoms with Crippen LogP contribution in [-0.2, 0) is 13.2 Å². The number of furan rings is 1. The molecule has 37 heavy (non-hydrogen) atoms. The Balaban J connectivity index is 1.16. The summed E-state index contributed by atoms with van der Waals surface area (Å²) < 4.78 is 13.5. The molecule has 4 aromatic rings. The van der Waals surface area contributed by atoms with E-state index in [1.165, 1.54) is 5.56 Å². The minimum absolute atomic E-state index is 0.111. The average molecular weight is 539 g/mol. The van der Waals surface area contributed by atoms with Gasteiger partial charge in [-0.3, -0.25) is 9.69 Å². The lowest BCUT2D eigenvalue weighted by atomic mass is 10.1. The first kappa shape index (κ1) is 25.4. The Bertz CT molecular complexity index is 1390. The molecule has 0 radical (unpaired) electrons. The number of nitrogens with zero attached hydrogens (tertiary/aromatic N) is 4. The first-order chi connectivity index (χ1) is 17.9. The number of piperazine rings is 1. The maximum Gasteiger partial charge on any atom is 0.289 e. The van der Waals surface area contributed by atoms with Crippen LogP contribution in [0, 0.1) is 13.8 Å². The van der Waals surface area contributed by atoms with Crippen molar-refractivity contribution in [3.8, 4) is 11.4 Å². The van der Waals surface area contributed by atoms with Crippen molar-refractivity contribution >= 4 is 29.1 Å². The van der Waals surface area contributed by atoms with Gasteiger partial charge in [0.25, 0.3) is 5.91 Å². The maximum absolute atomic E-state index is 13.0. The molecule has 0 unspecified atom stereocenters. The molecule has 1 saturated heterocycles. The minimum Gasteiger partial charge on any atom is -0.484 e. The number of ether oxygens (including phenoxy) is 1. The van der Waals surface area contributed by atoms with Gasteiger partial charge in [0.05, 0.1) is 16.4 Å². The van der Waals surface area contributed by atoms with Crippen molar-refractivity contribution in [2.75, 3.05) is 26.2 Å². The van der Waals surface area contributed by atoms with Crippen molar-refractivity contribution in [1.82, 2.24) is 19.6 Å². The fourth-order valence-electron chi connectivity index (χ4n) is 4.52. The highest BCUT2D eigenvalue weighted by Gasteiger charge is 2.26. The third kappa shape index (κ3) is 5.69. The summed E-state index contributed by atoms with van der Waals surface area (Å²) in [4.78, 5) is 17.2. The second kappa shape index (κ2) is 11.0. The van der Waals surface area contributed by atoms with Crippen molar-refractivity contribution < 1.29 is 13.9 Å². The standard InChI is InChI=1S/C28H28Cl2N4O3/c1-19-24(20(2)34(31-19)22-6-4-3-5-7-22)17-32-12-14-33(15-13-32)28(35)27-11-9-23(37-27)18-36-26-10-8-21(29)16-25(26)30/h3-11,16H,12-15,17-18H2,1-2H3. The number of amides is 1. The van der Waals surface area contributed by atoms with E-state index in [1.807, 2.05) is 27.8 Å². The quantitative estimate of drug-likeness (QED) is 0.292. The van der Waals surface area contributed by atoms with Crippen LogP contribution >= 0.6 is 23.2 Å². The van der Waals surface area contributed by atoms with Gasteiger partial charge in [-0.2, -0.15) is 5.10 Å². The second-order valence-electron chi connectivity index (χ2n) is 9.09. The molecule has 0 spiro atoms. The van der Waals surface area contributed by atoms with Gasteiger partial charge in [-0.1, -0.05) is 41.4 Å². The fourth-order valence-corrected chi connectivity index (χ4v) is 4.99. The van der Waals surface area contributed by atoms with Crippen molar-refractivity contribution in [1.29, 1.82) is 0 Å². The molecule has 0 saturated carbocycles. The van der Waals surface area contributed by atoms with E-state index in [0.717, 1.165) is 36.7 Å². The largest absolute Gasteiger partial charge is 0.484 e. The molecule has 0 aliphatic carbocycles. The lowest BCUT2D eigenvalue weighted by Gasteiger charge is -2.34. The van der Waals surface area contributed by atoms with Crippen LogP contribution in [0.2, 0.25) is 10.0 Å². The van der Waals surface area contributed by atoms with E-state index in [1.54, 1.807) is 30.3 Å². The first-order valence-electron chi connectivity index (χ1n) is 12.2. The zero-order valence-electron chi connectivity index (χ0n) is 20.8. The summed E-state index contributed by atoms with van der Waals surface area (Å²) in [6, 6.07) is 18.6. The predicted molar refractivity (Wildman–Crippen MR) is 144 cm³/mol. The number of carbonyl (C=O) groups is 1. The lowest BCUT2D eigenvalue weighted by molar-refractivity contribution is 0.0593. The topological polar surface area (TPSA) is 63.7 Å². The number of para-hydroxylation sites is 1. The molecule has 0 N–H and O–H groups in total. The van der Waals surface area contributed by atoms with Crippen molar-refractivity contribution in [2.45, 2.75) is 27.0 Å². The molecule has 1 aliphatic heterocycles. The highest BCUT2D eigenvalue weighted by atomic mass is 35.5. The molecule has 192 valence electrons. The summed E-state index contributed by atoms with van der Waals surface area (Å²) in [5.41, 5.74) is 4.47. The lowest BCUT2D eigenvalue weighted by Crippen LogP contribution is -2.48. The van der Waals surface area contributed by atoms with Gasteiger partial charge in [0.1, 0.15) is 18.1 Å². The second-order valence-corrected chi connectivity index (χ2v) is 9.94. The van der Waals surface area contributed by atoms with E-state index >= 15 is 0 Å². The number of benzene rings is 2. The van der Waals surface area contributed by atoms with E-state index < -0.39 is 0 Å². The number of carbonyl (C=O) groups excluding carboxylic acids is 1. The number of rotatable bonds is 7. The number of hydrogen-bond acceptors (Lipinski definition) is 5. The molecule has 2 aromatic carbocycles. The normalized spacial score (nSPS) is 14.2. The Hall–Kier alpha value is -3.26. The molecular formula is C28H28Cl2N4O3. The molecule has 5 rings (SSSR count). The van der Waals surface area contributed by atoms with Crippen molar-refractivity contribution in [3.63, 3.8) is 0 Å². The Morgan fingerprint density at radius 3 is 2.49 bits per heavy atom. The molecular weight excluding hydrogens is 511 g/mol. The van der Waals surface area contributed by atoms with Crippen LogP contribution in [0.5, 0.6) is 5.75 Å². The van der Waals surface area contributed by atoms with Gasteiger partial charge in [0.15, 0.2) is 5.76 Å². The monoisotopic (exact) mass is 538 g/mol. The Morgan fingerprint density at radius 2 is 1.76 bits per heavy atom. The summed E-state index contributed by atoms with van der Waals surface area (Å²) in [5, 5.41) is 5.72. The van der Waals surface area contributed by atoms with Gasteiger partial charge in [-0.25, -0.2) is 4.68 Å². The number of aromatic nitrogens is 2. The van der Waals surface area contributed by atoms with Crippen LogP contribution in [0.3, 0.4) is 0 Å². The van der Waals surface area contributed by atoms with E-state index in [0.29, 0.717) is 40.4 Å². The number of hydrogen-bond donors (Lipinski definition) is 0. The van der Waals surface area contributed by atoms with Gasteiger partial charge >= 0.3 is 0 Å². The average Bonchev–Trinajstić information content (AvgIpc) is 3.49. The zero-order valence-corrected chi connectivity index (χ0v) is 22.3. The van der Waals surface area contributed by atoms with E-state index in [-0.39, 0.29) is 12.5 Å². The third-order valence-electron chi connectivity index (χ3n) is 6.62. The van der Waals surface area contributed by atoms with Crippen LogP contribution in [0.25, 0.3) is 5.69 Å². The van der Waals surface area contributed by atoms with E-state index in [2.05, 4.69) is 30.9 Å². The summed E-state index contributed by atoms with van der Waals surface area (Å²) in [6.07, 6.45) is 0. The van der Waals surface area contributed by atoms with Gasteiger partial charge in [0, 0.05) is 49.0 Å².